The zero-order chi connectivity index (χ0) is 24.9. The van der Waals surface area contributed by atoms with E-state index in [1.165, 1.54) is 4.90 Å². The summed E-state index contributed by atoms with van der Waals surface area (Å²) in [5.74, 6) is -0.482. The van der Waals surface area contributed by atoms with Crippen LogP contribution in [0.3, 0.4) is 0 Å². The number of aromatic nitrogens is 1. The van der Waals surface area contributed by atoms with E-state index in [2.05, 4.69) is 10.3 Å². The number of alkyl carbamates (subject to hydrolysis) is 1. The van der Waals surface area contributed by atoms with Gasteiger partial charge in [0.15, 0.2) is 5.13 Å². The molecule has 0 radical (unpaired) electrons. The minimum atomic E-state index is -0.734. The van der Waals surface area contributed by atoms with Gasteiger partial charge in [0.2, 0.25) is 0 Å². The molecule has 0 aromatic carbocycles. The second-order valence-corrected chi connectivity index (χ2v) is 10.7. The number of thiazole rings is 1. The number of aryl methyl sites for hydroxylation is 1. The van der Waals surface area contributed by atoms with E-state index in [0.717, 1.165) is 11.3 Å². The van der Waals surface area contributed by atoms with Crippen LogP contribution in [0.1, 0.15) is 84.1 Å². The number of esters is 1. The largest absolute Gasteiger partial charge is 0.458 e. The third kappa shape index (κ3) is 9.42. The second kappa shape index (κ2) is 11.0. The highest BCUT2D eigenvalue weighted by Crippen LogP contribution is 2.29. The van der Waals surface area contributed by atoms with E-state index in [0.29, 0.717) is 17.0 Å². The van der Waals surface area contributed by atoms with Gasteiger partial charge in [-0.3, -0.25) is 4.90 Å². The zero-order valence-corrected chi connectivity index (χ0v) is 21.6. The molecule has 32 heavy (non-hydrogen) atoms. The maximum Gasteiger partial charge on any atom is 0.416 e. The molecule has 0 aliphatic rings. The van der Waals surface area contributed by atoms with Crippen molar-refractivity contribution in [2.24, 2.45) is 0 Å². The number of carbonyl (C=O) groups excluding carboxylic acids is 3. The van der Waals surface area contributed by atoms with Crippen LogP contribution in [-0.4, -0.2) is 53.0 Å². The molecule has 1 unspecified atom stereocenters. The summed E-state index contributed by atoms with van der Waals surface area (Å²) >= 11 is 1.05. The van der Waals surface area contributed by atoms with E-state index in [-0.39, 0.29) is 17.8 Å². The summed E-state index contributed by atoms with van der Waals surface area (Å²) in [5, 5.41) is 2.99. The van der Waals surface area contributed by atoms with Crippen molar-refractivity contribution >= 4 is 34.6 Å². The second-order valence-electron chi connectivity index (χ2n) is 9.67. The van der Waals surface area contributed by atoms with Crippen molar-refractivity contribution in [3.63, 3.8) is 0 Å². The Kier molecular flexibility index (Phi) is 9.50. The van der Waals surface area contributed by atoms with Gasteiger partial charge in [0, 0.05) is 6.04 Å². The lowest BCUT2D eigenvalue weighted by atomic mass is 10.2. The Morgan fingerprint density at radius 1 is 1.06 bits per heavy atom. The summed E-state index contributed by atoms with van der Waals surface area (Å²) in [5.41, 5.74) is -0.923. The number of carbonyl (C=O) groups is 3. The summed E-state index contributed by atoms with van der Waals surface area (Å²) in [6.07, 6.45) is -0.769. The zero-order valence-electron chi connectivity index (χ0n) is 20.8. The first kappa shape index (κ1) is 27.7. The van der Waals surface area contributed by atoms with Gasteiger partial charge >= 0.3 is 18.2 Å². The number of nitrogens with one attached hydrogen (secondary N) is 1. The standard InChI is InChI=1S/C22H37N3O6S/c1-11-14(3)29-17(26)16-15(4)24-18(32-16)25(20(28)31-22(8,9)10)12-13(2)23-19(27)30-21(5,6)7/h13-14H,11-12H2,1-10H3,(H,23,27)/t13?,14-/m0/s1. The Labute approximate surface area is 194 Å². The number of rotatable bonds is 7. The maximum absolute atomic E-state index is 12.9. The average Bonchev–Trinajstić information content (AvgIpc) is 2.97. The van der Waals surface area contributed by atoms with Gasteiger partial charge in [0.25, 0.3) is 0 Å². The molecule has 2 atom stereocenters. The van der Waals surface area contributed by atoms with Crippen LogP contribution in [0.5, 0.6) is 0 Å². The van der Waals surface area contributed by atoms with Crippen molar-refractivity contribution in [1.29, 1.82) is 0 Å². The predicted molar refractivity (Wildman–Crippen MR) is 124 cm³/mol. The highest BCUT2D eigenvalue weighted by molar-refractivity contribution is 7.17. The quantitative estimate of drug-likeness (QED) is 0.437. The predicted octanol–water partition coefficient (Wildman–Crippen LogP) is 5.06. The molecule has 0 saturated heterocycles. The lowest BCUT2D eigenvalue weighted by Gasteiger charge is -2.28. The van der Waals surface area contributed by atoms with E-state index in [1.54, 1.807) is 55.4 Å². The van der Waals surface area contributed by atoms with Crippen LogP contribution in [-0.2, 0) is 14.2 Å². The highest BCUT2D eigenvalue weighted by Gasteiger charge is 2.30. The molecule has 1 rings (SSSR count). The molecule has 2 amide bonds. The molecule has 9 nitrogen and oxygen atoms in total. The van der Waals surface area contributed by atoms with Gasteiger partial charge in [-0.05, 0) is 68.7 Å². The lowest BCUT2D eigenvalue weighted by molar-refractivity contribution is 0.0338. The third-order valence-electron chi connectivity index (χ3n) is 3.92. The van der Waals surface area contributed by atoms with Crippen molar-refractivity contribution in [3.05, 3.63) is 10.6 Å². The van der Waals surface area contributed by atoms with Gasteiger partial charge < -0.3 is 19.5 Å². The fraction of sp³-hybridized carbons (Fsp3) is 0.727. The third-order valence-corrected chi connectivity index (χ3v) is 5.08. The van der Waals surface area contributed by atoms with Crippen LogP contribution in [0.25, 0.3) is 0 Å². The first-order chi connectivity index (χ1) is 14.5. The van der Waals surface area contributed by atoms with Crippen LogP contribution in [0.4, 0.5) is 14.7 Å². The van der Waals surface area contributed by atoms with Gasteiger partial charge in [-0.1, -0.05) is 18.3 Å². The van der Waals surface area contributed by atoms with Crippen LogP contribution in [0.15, 0.2) is 0 Å². The number of hydrogen-bond donors (Lipinski definition) is 1. The topological polar surface area (TPSA) is 107 Å². The molecule has 0 aliphatic carbocycles. The molecular weight excluding hydrogens is 434 g/mol. The fourth-order valence-corrected chi connectivity index (χ4v) is 3.33. The molecule has 1 aromatic rings. The molecule has 1 N–H and O–H groups in total. The van der Waals surface area contributed by atoms with E-state index < -0.39 is 35.4 Å². The van der Waals surface area contributed by atoms with Crippen LogP contribution in [0.2, 0.25) is 0 Å². The van der Waals surface area contributed by atoms with Gasteiger partial charge in [0.1, 0.15) is 16.1 Å². The van der Waals surface area contributed by atoms with Crippen LogP contribution in [0, 0.1) is 6.92 Å². The molecular formula is C22H37N3O6S. The molecule has 182 valence electrons. The maximum atomic E-state index is 12.9. The van der Waals surface area contributed by atoms with Gasteiger partial charge in [0.05, 0.1) is 18.3 Å². The van der Waals surface area contributed by atoms with Gasteiger partial charge in [-0.15, -0.1) is 0 Å². The molecule has 10 heteroatoms. The van der Waals surface area contributed by atoms with Crippen molar-refractivity contribution in [3.8, 4) is 0 Å². The molecule has 0 saturated carbocycles. The molecule has 0 aliphatic heterocycles. The van der Waals surface area contributed by atoms with E-state index >= 15 is 0 Å². The number of nitrogens with zero attached hydrogens (tertiary/aromatic N) is 2. The molecule has 1 aromatic heterocycles. The van der Waals surface area contributed by atoms with Crippen LogP contribution < -0.4 is 10.2 Å². The highest BCUT2D eigenvalue weighted by atomic mass is 32.1. The number of anilines is 1. The van der Waals surface area contributed by atoms with Gasteiger partial charge in [-0.2, -0.15) is 0 Å². The average molecular weight is 472 g/mol. The molecule has 0 spiro atoms. The summed E-state index contributed by atoms with van der Waals surface area (Å²) in [6.45, 7) is 17.8. The normalized spacial score (nSPS) is 13.7. The minimum absolute atomic E-state index is 0.0704. The lowest BCUT2D eigenvalue weighted by Crippen LogP contribution is -2.47. The Bertz CT molecular complexity index is 810. The summed E-state index contributed by atoms with van der Waals surface area (Å²) in [4.78, 5) is 43.6. The van der Waals surface area contributed by atoms with Gasteiger partial charge in [-0.25, -0.2) is 19.4 Å². The Balaban J connectivity index is 3.12. The molecule has 0 fully saturated rings. The van der Waals surface area contributed by atoms with Crippen molar-refractivity contribution in [2.75, 3.05) is 11.4 Å². The number of hydrogen-bond acceptors (Lipinski definition) is 8. The SMILES string of the molecule is CC[C@H](C)OC(=O)c1sc(N(CC(C)NC(=O)OC(C)(C)C)C(=O)OC(C)(C)C)nc1C. The Hall–Kier alpha value is -2.36. The Morgan fingerprint density at radius 2 is 1.62 bits per heavy atom. The van der Waals surface area contributed by atoms with E-state index in [4.69, 9.17) is 14.2 Å². The number of amides is 2. The first-order valence-corrected chi connectivity index (χ1v) is 11.5. The summed E-state index contributed by atoms with van der Waals surface area (Å²) in [6, 6.07) is -0.475. The van der Waals surface area contributed by atoms with E-state index in [1.807, 2.05) is 13.8 Å². The van der Waals surface area contributed by atoms with E-state index in [9.17, 15) is 14.4 Å². The minimum Gasteiger partial charge on any atom is -0.458 e. The summed E-state index contributed by atoms with van der Waals surface area (Å²) in [7, 11) is 0. The smallest absolute Gasteiger partial charge is 0.416 e. The molecule has 0 bridgehead atoms. The van der Waals surface area contributed by atoms with Crippen molar-refractivity contribution < 1.29 is 28.6 Å². The van der Waals surface area contributed by atoms with Crippen molar-refractivity contribution in [2.45, 2.75) is 99.0 Å². The van der Waals surface area contributed by atoms with Crippen LogP contribution >= 0.6 is 11.3 Å². The molecule has 1 heterocycles. The summed E-state index contributed by atoms with van der Waals surface area (Å²) < 4.78 is 16.2. The Morgan fingerprint density at radius 3 is 2.12 bits per heavy atom. The number of ether oxygens (including phenoxy) is 3. The fourth-order valence-electron chi connectivity index (χ4n) is 2.38. The first-order valence-electron chi connectivity index (χ1n) is 10.7. The van der Waals surface area contributed by atoms with Crippen molar-refractivity contribution in [1.82, 2.24) is 10.3 Å². The monoisotopic (exact) mass is 471 g/mol.